The number of ether oxygens (including phenoxy) is 9. The average Bonchev–Trinajstić information content (AvgIpc) is 3.87. The summed E-state index contributed by atoms with van der Waals surface area (Å²) in [5, 5.41) is 142. The maximum Gasteiger partial charge on any atom is 0.187 e. The van der Waals surface area contributed by atoms with E-state index in [4.69, 9.17) is 42.6 Å². The summed E-state index contributed by atoms with van der Waals surface area (Å²) < 4.78 is 55.6. The van der Waals surface area contributed by atoms with Gasteiger partial charge in [0.25, 0.3) is 0 Å². The molecule has 0 aromatic rings. The quantitative estimate of drug-likeness (QED) is 0.0688. The normalized spacial score (nSPS) is 58.8. The Labute approximate surface area is 436 Å². The van der Waals surface area contributed by atoms with E-state index in [2.05, 4.69) is 20.8 Å². The molecular formula is C52H84O23. The highest BCUT2D eigenvalue weighted by molar-refractivity contribution is 5.59. The van der Waals surface area contributed by atoms with E-state index < -0.39 is 171 Å². The average molecular weight is 1080 g/mol. The third-order valence-corrected chi connectivity index (χ3v) is 22.1. The lowest BCUT2D eigenvalue weighted by molar-refractivity contribution is -0.393. The van der Waals surface area contributed by atoms with Crippen LogP contribution in [0.15, 0.2) is 0 Å². The fourth-order valence-corrected chi connectivity index (χ4v) is 17.4. The lowest BCUT2D eigenvalue weighted by atomic mass is 9.30. The molecule has 430 valence electrons. The van der Waals surface area contributed by atoms with Crippen molar-refractivity contribution in [2.24, 2.45) is 50.2 Å². The number of aliphatic hydroxyl groups excluding tert-OH is 13. The maximum atomic E-state index is 12.6. The maximum absolute atomic E-state index is 12.6. The van der Waals surface area contributed by atoms with Crippen molar-refractivity contribution in [2.75, 3.05) is 39.6 Å². The molecule has 0 aromatic heterocycles. The first-order chi connectivity index (χ1) is 35.4. The highest BCUT2D eigenvalue weighted by Gasteiger charge is 2.80. The Morgan fingerprint density at radius 1 is 0.560 bits per heavy atom. The van der Waals surface area contributed by atoms with Crippen LogP contribution >= 0.6 is 0 Å². The molecule has 2 bridgehead atoms. The van der Waals surface area contributed by atoms with Gasteiger partial charge in [-0.1, -0.05) is 34.6 Å². The van der Waals surface area contributed by atoms with E-state index in [-0.39, 0.29) is 40.6 Å². The van der Waals surface area contributed by atoms with Crippen LogP contribution in [0.25, 0.3) is 0 Å². The summed E-state index contributed by atoms with van der Waals surface area (Å²) in [5.74, 6) is 0.0694. The van der Waals surface area contributed by atoms with E-state index in [1.807, 2.05) is 13.8 Å². The molecule has 0 aromatic carbocycles. The molecule has 23 heteroatoms. The lowest BCUT2D eigenvalue weighted by Crippen LogP contribution is -2.74. The molecular weight excluding hydrogens is 993 g/mol. The van der Waals surface area contributed by atoms with Crippen molar-refractivity contribution < 1.29 is 114 Å². The number of fused-ring (bicyclic) bond motifs is 4. The number of rotatable bonds is 12. The van der Waals surface area contributed by atoms with E-state index in [0.717, 1.165) is 38.4 Å². The monoisotopic (exact) mass is 1080 g/mol. The van der Waals surface area contributed by atoms with E-state index in [9.17, 15) is 71.2 Å². The summed E-state index contributed by atoms with van der Waals surface area (Å²) >= 11 is 0. The summed E-state index contributed by atoms with van der Waals surface area (Å²) in [6.07, 6.45) is -23.9. The van der Waals surface area contributed by atoms with E-state index in [1.54, 1.807) is 0 Å². The van der Waals surface area contributed by atoms with Crippen molar-refractivity contribution in [1.29, 1.82) is 0 Å². The van der Waals surface area contributed by atoms with Gasteiger partial charge in [0.2, 0.25) is 0 Å². The molecule has 5 saturated heterocycles. The van der Waals surface area contributed by atoms with Gasteiger partial charge in [0.05, 0.1) is 57.5 Å². The highest BCUT2D eigenvalue weighted by atomic mass is 16.8. The number of aliphatic hydroxyl groups is 13. The van der Waals surface area contributed by atoms with Gasteiger partial charge >= 0.3 is 0 Å². The van der Waals surface area contributed by atoms with Crippen LogP contribution in [0, 0.1) is 50.2 Å². The second kappa shape index (κ2) is 20.3. The first kappa shape index (κ1) is 57.0. The molecule has 1 spiro atoms. The summed E-state index contributed by atoms with van der Waals surface area (Å²) in [4.78, 5) is 12.6. The number of hydrogen-bond acceptors (Lipinski definition) is 23. The largest absolute Gasteiger partial charge is 0.396 e. The van der Waals surface area contributed by atoms with Crippen LogP contribution in [-0.2, 0) is 47.4 Å². The van der Waals surface area contributed by atoms with Crippen LogP contribution in [-0.4, -0.2) is 241 Å². The minimum absolute atomic E-state index is 0.0322. The highest BCUT2D eigenvalue weighted by Crippen LogP contribution is 2.80. The van der Waals surface area contributed by atoms with Crippen LogP contribution in [0.2, 0.25) is 0 Å². The first-order valence-electron chi connectivity index (χ1n) is 27.3. The van der Waals surface area contributed by atoms with Gasteiger partial charge in [-0.05, 0) is 92.8 Å². The molecule has 10 aliphatic rings. The van der Waals surface area contributed by atoms with E-state index >= 15 is 0 Å². The number of hydrogen-bond donors (Lipinski definition) is 13. The van der Waals surface area contributed by atoms with E-state index in [1.165, 1.54) is 0 Å². The molecule has 13 N–H and O–H groups in total. The zero-order valence-electron chi connectivity index (χ0n) is 43.6. The molecule has 5 aliphatic carbocycles. The van der Waals surface area contributed by atoms with Crippen LogP contribution in [0.3, 0.4) is 0 Å². The Balaban J connectivity index is 0.913. The van der Waals surface area contributed by atoms with Gasteiger partial charge in [0, 0.05) is 21.7 Å². The Morgan fingerprint density at radius 2 is 1.19 bits per heavy atom. The number of carbonyl (C=O) groups excluding carboxylic acids is 1. The smallest absolute Gasteiger partial charge is 0.187 e. The van der Waals surface area contributed by atoms with Crippen molar-refractivity contribution in [3.05, 3.63) is 0 Å². The molecule has 10 rings (SSSR count). The molecule has 30 atom stereocenters. The summed E-state index contributed by atoms with van der Waals surface area (Å²) in [6, 6.07) is 0. The Kier molecular flexibility index (Phi) is 15.5. The van der Waals surface area contributed by atoms with Crippen molar-refractivity contribution in [3.63, 3.8) is 0 Å². The summed E-state index contributed by atoms with van der Waals surface area (Å²) in [7, 11) is 0. The second-order valence-electron chi connectivity index (χ2n) is 25.6. The van der Waals surface area contributed by atoms with Crippen LogP contribution < -0.4 is 0 Å². The Morgan fingerprint density at radius 3 is 1.87 bits per heavy atom. The van der Waals surface area contributed by atoms with Gasteiger partial charge in [-0.2, -0.15) is 0 Å². The van der Waals surface area contributed by atoms with Gasteiger partial charge < -0.3 is 114 Å². The predicted molar refractivity (Wildman–Crippen MR) is 252 cm³/mol. The third-order valence-electron chi connectivity index (χ3n) is 22.1. The lowest BCUT2D eigenvalue weighted by Gasteiger charge is -2.75. The topological polar surface area (TPSA) is 363 Å². The van der Waals surface area contributed by atoms with Crippen LogP contribution in [0.4, 0.5) is 0 Å². The van der Waals surface area contributed by atoms with Gasteiger partial charge in [-0.25, -0.2) is 0 Å². The Hall–Kier alpha value is -1.21. The molecule has 10 fully saturated rings. The molecule has 0 unspecified atom stereocenters. The van der Waals surface area contributed by atoms with Crippen molar-refractivity contribution in [2.45, 2.75) is 227 Å². The predicted octanol–water partition coefficient (Wildman–Crippen LogP) is -2.92. The molecule has 23 nitrogen and oxygen atoms in total. The van der Waals surface area contributed by atoms with Crippen LogP contribution in [0.1, 0.15) is 98.8 Å². The van der Waals surface area contributed by atoms with Gasteiger partial charge in [-0.3, -0.25) is 0 Å². The number of aldehydes is 1. The van der Waals surface area contributed by atoms with Gasteiger partial charge in [-0.15, -0.1) is 0 Å². The minimum atomic E-state index is -1.93. The number of carbonyl (C=O) groups is 1. The zero-order valence-corrected chi connectivity index (χ0v) is 43.6. The molecule has 0 radical (unpaired) electrons. The van der Waals surface area contributed by atoms with Crippen LogP contribution in [0.5, 0.6) is 0 Å². The summed E-state index contributed by atoms with van der Waals surface area (Å²) in [5.41, 5.74) is -3.39. The molecule has 5 aliphatic heterocycles. The Bertz CT molecular complexity index is 2040. The standard InChI is InChI=1S/C52H84O23/c1-46(20-55)12-13-51-22-69-52(29(51)14-46)11-7-28-47(2)9-8-31(48(3,21-56)27(47)6-10-49(28,4)50(52,5)15-30(51)58)73-44-40(75-43-39(66)36(63)33(60)24(16-53)70-43)35(62)26(19-68-44)72-45-41(37(64)34(61)25(17-54)71-45)74-42-38(65)32(59)23(57)18-67-42/h20,23-45,53-54,56-66H,6-19,21-22H2,1-5H3/t23-,24+,25+,26-,27+,28+,29+,30+,31-,32-,33+,34+,35-,36-,37-,38+,39+,40+,41+,42-,43-,44-,45-,46-,47-,48-,49+,50-,51+,52-/m0/s1. The fourth-order valence-electron chi connectivity index (χ4n) is 17.4. The third kappa shape index (κ3) is 8.53. The second-order valence-corrected chi connectivity index (χ2v) is 25.6. The van der Waals surface area contributed by atoms with E-state index in [0.29, 0.717) is 38.7 Å². The van der Waals surface area contributed by atoms with Gasteiger partial charge in [0.1, 0.15) is 91.7 Å². The molecule has 5 saturated carbocycles. The molecule has 0 amide bonds. The minimum Gasteiger partial charge on any atom is -0.396 e. The molecule has 75 heavy (non-hydrogen) atoms. The van der Waals surface area contributed by atoms with Gasteiger partial charge in [0.15, 0.2) is 25.2 Å². The fraction of sp³-hybridized carbons (Fsp3) is 0.981. The SMILES string of the molecule is C[C@]1(C=O)CC[C@]23CO[C@@]4(CC[C@@H]5[C@@]6(C)CC[C@H](O[C@@H]7OC[C@H](O[C@@H]8O[C@H](CO)[C@@H](O)[C@H](O)[C@H]8O[C@@H]8OC[C@H](O)[C@H](O)[C@H]8O)[C@H](O)[C@H]7O[C@@H]7O[C@H](CO)[C@@H](O)[C@H](O)[C@H]7O)[C@@](C)(CO)[C@@H]6CC[C@@]5(C)[C@]4(C)C[C@H]2O)[C@@H]3C1. The van der Waals surface area contributed by atoms with Crippen molar-refractivity contribution in [3.8, 4) is 0 Å². The summed E-state index contributed by atoms with van der Waals surface area (Å²) in [6.45, 7) is 8.67. The first-order valence-corrected chi connectivity index (χ1v) is 27.3. The molecule has 5 heterocycles. The van der Waals surface area contributed by atoms with Crippen molar-refractivity contribution in [1.82, 2.24) is 0 Å². The van der Waals surface area contributed by atoms with Crippen molar-refractivity contribution >= 4 is 6.29 Å². The zero-order chi connectivity index (χ0) is 54.2.